The van der Waals surface area contributed by atoms with Gasteiger partial charge in [-0.25, -0.2) is 0 Å². The third-order valence-electron chi connectivity index (χ3n) is 3.61. The minimum absolute atomic E-state index is 0.0439. The summed E-state index contributed by atoms with van der Waals surface area (Å²) in [4.78, 5) is 12.0. The van der Waals surface area contributed by atoms with Crippen molar-refractivity contribution in [3.05, 3.63) is 71.3 Å². The monoisotopic (exact) mass is 401 g/mol. The molecule has 1 aromatic heterocycles. The van der Waals surface area contributed by atoms with Gasteiger partial charge < -0.3 is 0 Å². The molecule has 0 aliphatic rings. The highest BCUT2D eigenvalue weighted by atomic mass is 32.2. The Kier molecular flexibility index (Phi) is 7.11. The van der Waals surface area contributed by atoms with E-state index in [-0.39, 0.29) is 5.91 Å². The molecule has 1 amide bonds. The van der Waals surface area contributed by atoms with Crippen LogP contribution >= 0.6 is 34.9 Å². The number of rotatable bonds is 8. The molecule has 0 bridgehead atoms. The first-order valence-corrected chi connectivity index (χ1v) is 11.1. The maximum absolute atomic E-state index is 12.0. The lowest BCUT2D eigenvalue weighted by Crippen LogP contribution is -2.13. The van der Waals surface area contributed by atoms with Gasteiger partial charge in [0, 0.05) is 11.5 Å². The number of nitrogens with one attached hydrogen (secondary N) is 1. The average molecular weight is 402 g/mol. The molecule has 3 rings (SSSR count). The van der Waals surface area contributed by atoms with E-state index in [9.17, 15) is 4.79 Å². The number of carbonyl (C=O) groups is 1. The van der Waals surface area contributed by atoms with Crippen LogP contribution in [0.25, 0.3) is 0 Å². The number of carbonyl (C=O) groups excluding carboxylic acids is 1. The van der Waals surface area contributed by atoms with Crippen molar-refractivity contribution in [1.29, 1.82) is 0 Å². The third-order valence-corrected chi connectivity index (χ3v) is 6.63. The van der Waals surface area contributed by atoms with Crippen molar-refractivity contribution in [2.75, 3.05) is 11.1 Å². The maximum atomic E-state index is 12.0. The van der Waals surface area contributed by atoms with Crippen LogP contribution in [-0.4, -0.2) is 21.9 Å². The number of amides is 1. The Hall–Kier alpha value is -1.83. The molecule has 134 valence electrons. The summed E-state index contributed by atoms with van der Waals surface area (Å²) < 4.78 is 0.862. The fraction of sp³-hybridized carbons (Fsp3) is 0.211. The second-order valence-corrected chi connectivity index (χ2v) is 8.80. The van der Waals surface area contributed by atoms with Crippen LogP contribution in [0.1, 0.15) is 16.7 Å². The van der Waals surface area contributed by atoms with E-state index in [2.05, 4.69) is 46.7 Å². The molecule has 0 aliphatic heterocycles. The Morgan fingerprint density at radius 1 is 1.04 bits per heavy atom. The van der Waals surface area contributed by atoms with Gasteiger partial charge in [-0.05, 0) is 23.6 Å². The summed E-state index contributed by atoms with van der Waals surface area (Å²) >= 11 is 4.64. The zero-order valence-electron chi connectivity index (χ0n) is 14.3. The second kappa shape index (κ2) is 9.75. The fourth-order valence-corrected chi connectivity index (χ4v) is 4.85. The molecule has 4 nitrogen and oxygen atoms in total. The minimum Gasteiger partial charge on any atom is -0.300 e. The van der Waals surface area contributed by atoms with E-state index in [1.807, 2.05) is 30.3 Å². The van der Waals surface area contributed by atoms with Gasteiger partial charge in [0.05, 0.1) is 5.75 Å². The molecule has 0 fully saturated rings. The number of aromatic nitrogens is 2. The number of hydrogen-bond donors (Lipinski definition) is 1. The van der Waals surface area contributed by atoms with Crippen molar-refractivity contribution in [3.63, 3.8) is 0 Å². The summed E-state index contributed by atoms with van der Waals surface area (Å²) in [5, 5.41) is 11.6. The molecule has 1 heterocycles. The Balaban J connectivity index is 1.43. The van der Waals surface area contributed by atoms with Gasteiger partial charge in [0.15, 0.2) is 4.34 Å². The van der Waals surface area contributed by atoms with Crippen molar-refractivity contribution in [2.24, 2.45) is 0 Å². The van der Waals surface area contributed by atoms with E-state index in [0.717, 1.165) is 15.8 Å². The molecule has 0 unspecified atom stereocenters. The number of nitrogens with zero attached hydrogens (tertiary/aromatic N) is 2. The van der Waals surface area contributed by atoms with Crippen molar-refractivity contribution >= 4 is 45.9 Å². The van der Waals surface area contributed by atoms with Gasteiger partial charge >= 0.3 is 0 Å². The Morgan fingerprint density at radius 2 is 1.81 bits per heavy atom. The molecule has 3 aromatic rings. The molecular formula is C19H19N3OS3. The highest BCUT2D eigenvalue weighted by Crippen LogP contribution is 2.29. The predicted octanol–water partition coefficient (Wildman–Crippen LogP) is 5.01. The van der Waals surface area contributed by atoms with Crippen molar-refractivity contribution in [2.45, 2.75) is 22.8 Å². The lowest BCUT2D eigenvalue weighted by Gasteiger charge is -2.02. The van der Waals surface area contributed by atoms with Gasteiger partial charge in [-0.3, -0.25) is 10.1 Å². The van der Waals surface area contributed by atoms with Crippen LogP contribution in [0.2, 0.25) is 0 Å². The molecule has 0 saturated carbocycles. The number of hydrogen-bond acceptors (Lipinski definition) is 6. The minimum atomic E-state index is -0.0439. The van der Waals surface area contributed by atoms with E-state index in [1.165, 1.54) is 28.0 Å². The van der Waals surface area contributed by atoms with Crippen LogP contribution in [0.15, 0.2) is 58.9 Å². The molecule has 0 spiro atoms. The zero-order valence-corrected chi connectivity index (χ0v) is 16.8. The van der Waals surface area contributed by atoms with E-state index in [4.69, 9.17) is 0 Å². The Bertz CT molecular complexity index is 852. The molecular weight excluding hydrogens is 382 g/mol. The van der Waals surface area contributed by atoms with Crippen molar-refractivity contribution in [1.82, 2.24) is 10.2 Å². The van der Waals surface area contributed by atoms with Gasteiger partial charge in [-0.1, -0.05) is 77.7 Å². The number of aryl methyl sites for hydroxylation is 1. The first kappa shape index (κ1) is 18.9. The van der Waals surface area contributed by atoms with E-state index in [1.54, 1.807) is 23.5 Å². The van der Waals surface area contributed by atoms with Crippen LogP contribution in [0, 0.1) is 6.92 Å². The average Bonchev–Trinajstić information content (AvgIpc) is 3.09. The molecule has 0 saturated heterocycles. The third kappa shape index (κ3) is 5.86. The summed E-state index contributed by atoms with van der Waals surface area (Å²) in [6.07, 6.45) is 0. The number of benzene rings is 2. The number of anilines is 1. The fourth-order valence-electron chi connectivity index (χ4n) is 2.22. The van der Waals surface area contributed by atoms with Crippen LogP contribution in [0.3, 0.4) is 0 Å². The molecule has 7 heteroatoms. The topological polar surface area (TPSA) is 54.9 Å². The lowest BCUT2D eigenvalue weighted by atomic mass is 10.1. The largest absolute Gasteiger partial charge is 0.300 e. The van der Waals surface area contributed by atoms with Gasteiger partial charge in [0.25, 0.3) is 0 Å². The number of thioether (sulfide) groups is 2. The Morgan fingerprint density at radius 3 is 2.62 bits per heavy atom. The quantitative estimate of drug-likeness (QED) is 0.425. The zero-order chi connectivity index (χ0) is 18.2. The molecule has 0 atom stereocenters. The van der Waals surface area contributed by atoms with Crippen LogP contribution in [-0.2, 0) is 16.3 Å². The highest BCUT2D eigenvalue weighted by molar-refractivity contribution is 8.00. The molecule has 0 radical (unpaired) electrons. The molecule has 26 heavy (non-hydrogen) atoms. The normalized spacial score (nSPS) is 10.7. The van der Waals surface area contributed by atoms with Crippen LogP contribution in [0.5, 0.6) is 0 Å². The van der Waals surface area contributed by atoms with Crippen LogP contribution < -0.4 is 5.32 Å². The maximum Gasteiger partial charge on any atom is 0.236 e. The van der Waals surface area contributed by atoms with Crippen molar-refractivity contribution in [3.8, 4) is 0 Å². The second-order valence-electron chi connectivity index (χ2n) is 5.61. The molecule has 1 N–H and O–H groups in total. The van der Waals surface area contributed by atoms with Gasteiger partial charge in [0.2, 0.25) is 11.0 Å². The van der Waals surface area contributed by atoms with Gasteiger partial charge in [-0.15, -0.1) is 22.0 Å². The summed E-state index contributed by atoms with van der Waals surface area (Å²) in [6, 6.07) is 18.4. The lowest BCUT2D eigenvalue weighted by molar-refractivity contribution is -0.113. The Labute approximate surface area is 165 Å². The first-order chi connectivity index (χ1) is 12.7. The summed E-state index contributed by atoms with van der Waals surface area (Å²) in [7, 11) is 0. The highest BCUT2D eigenvalue weighted by Gasteiger charge is 2.09. The molecule has 2 aromatic carbocycles. The summed E-state index contributed by atoms with van der Waals surface area (Å²) in [6.45, 7) is 2.11. The van der Waals surface area contributed by atoms with Gasteiger partial charge in [0.1, 0.15) is 0 Å². The smallest absolute Gasteiger partial charge is 0.236 e. The summed E-state index contributed by atoms with van der Waals surface area (Å²) in [5.41, 5.74) is 3.78. The summed E-state index contributed by atoms with van der Waals surface area (Å²) in [5.74, 6) is 2.03. The van der Waals surface area contributed by atoms with E-state index >= 15 is 0 Å². The molecule has 0 aliphatic carbocycles. The SMILES string of the molecule is Cc1ccccc1CSc1nnc(NC(=O)CSCc2ccccc2)s1. The van der Waals surface area contributed by atoms with Gasteiger partial charge in [-0.2, -0.15) is 0 Å². The van der Waals surface area contributed by atoms with Crippen molar-refractivity contribution < 1.29 is 4.79 Å². The van der Waals surface area contributed by atoms with E-state index < -0.39 is 0 Å². The van der Waals surface area contributed by atoms with Crippen LogP contribution in [0.4, 0.5) is 5.13 Å². The first-order valence-electron chi connectivity index (χ1n) is 8.13. The van der Waals surface area contributed by atoms with E-state index in [0.29, 0.717) is 10.9 Å². The predicted molar refractivity (Wildman–Crippen MR) is 112 cm³/mol. The standard InChI is InChI=1S/C19H19N3OS3/c1-14-7-5-6-10-16(14)12-25-19-22-21-18(26-19)20-17(23)13-24-11-15-8-3-2-4-9-15/h2-10H,11-13H2,1H3,(H,20,21,23).